The van der Waals surface area contributed by atoms with Crippen molar-refractivity contribution in [3.05, 3.63) is 17.0 Å². The first-order valence-corrected chi connectivity index (χ1v) is 8.26. The molecule has 0 aromatic carbocycles. The maximum atomic E-state index is 12.0. The summed E-state index contributed by atoms with van der Waals surface area (Å²) < 4.78 is 26.3. The van der Waals surface area contributed by atoms with Crippen molar-refractivity contribution < 1.29 is 23.4 Å². The highest BCUT2D eigenvalue weighted by molar-refractivity contribution is 7.91. The molecule has 8 heteroatoms. The van der Waals surface area contributed by atoms with Gasteiger partial charge in [-0.2, -0.15) is 0 Å². The minimum Gasteiger partial charge on any atom is -0.478 e. The zero-order valence-electron chi connectivity index (χ0n) is 10.1. The number of hydrogen-bond donors (Lipinski definition) is 3. The number of thiophene rings is 1. The third-order valence-corrected chi connectivity index (χ3v) is 6.10. The van der Waals surface area contributed by atoms with Gasteiger partial charge in [0, 0.05) is 11.9 Å². The summed E-state index contributed by atoms with van der Waals surface area (Å²) in [4.78, 5) is 10.7. The van der Waals surface area contributed by atoms with Crippen LogP contribution in [0.4, 0.5) is 0 Å². The van der Waals surface area contributed by atoms with E-state index in [1.165, 1.54) is 5.38 Å². The molecule has 0 bridgehead atoms. The fraction of sp³-hybridized carbons (Fsp3) is 0.545. The molecule has 106 valence electrons. The Morgan fingerprint density at radius 2 is 2.21 bits per heavy atom. The van der Waals surface area contributed by atoms with E-state index in [1.807, 2.05) is 0 Å². The summed E-state index contributed by atoms with van der Waals surface area (Å²) in [5, 5.41) is 19.7. The first-order valence-electron chi connectivity index (χ1n) is 5.89. The summed E-state index contributed by atoms with van der Waals surface area (Å²) in [6, 6.07) is 1.14. The first kappa shape index (κ1) is 14.4. The smallest absolute Gasteiger partial charge is 0.336 e. The summed E-state index contributed by atoms with van der Waals surface area (Å²) >= 11 is 0.874. The number of hydrogen-bond acceptors (Lipinski definition) is 5. The maximum absolute atomic E-state index is 12.0. The lowest BCUT2D eigenvalue weighted by molar-refractivity contribution is 0.0697. The van der Waals surface area contributed by atoms with E-state index in [0.29, 0.717) is 6.42 Å². The van der Waals surface area contributed by atoms with Gasteiger partial charge in [-0.25, -0.2) is 17.9 Å². The van der Waals surface area contributed by atoms with Gasteiger partial charge in [0.2, 0.25) is 10.0 Å². The average molecular weight is 305 g/mol. The van der Waals surface area contributed by atoms with Crippen LogP contribution in [0.25, 0.3) is 0 Å². The predicted octanol–water partition coefficient (Wildman–Crippen LogP) is 0.886. The van der Waals surface area contributed by atoms with Gasteiger partial charge < -0.3 is 10.2 Å². The van der Waals surface area contributed by atoms with E-state index in [2.05, 4.69) is 4.72 Å². The van der Waals surface area contributed by atoms with Gasteiger partial charge in [0.1, 0.15) is 4.21 Å². The molecular weight excluding hydrogens is 290 g/mol. The Morgan fingerprint density at radius 1 is 1.47 bits per heavy atom. The molecule has 1 aromatic rings. The van der Waals surface area contributed by atoms with Crippen LogP contribution in [0.1, 0.15) is 29.6 Å². The molecule has 1 aliphatic carbocycles. The van der Waals surface area contributed by atoms with Crippen molar-refractivity contribution >= 4 is 27.3 Å². The predicted molar refractivity (Wildman–Crippen MR) is 69.8 cm³/mol. The molecule has 19 heavy (non-hydrogen) atoms. The van der Waals surface area contributed by atoms with E-state index in [4.69, 9.17) is 5.11 Å². The maximum Gasteiger partial charge on any atom is 0.336 e. The highest BCUT2D eigenvalue weighted by Crippen LogP contribution is 2.26. The summed E-state index contributed by atoms with van der Waals surface area (Å²) in [7, 11) is -3.69. The lowest BCUT2D eigenvalue weighted by atomic mass is 10.1. The molecule has 1 saturated carbocycles. The Kier molecular flexibility index (Phi) is 4.24. The fourth-order valence-corrected chi connectivity index (χ4v) is 4.41. The highest BCUT2D eigenvalue weighted by atomic mass is 32.2. The number of nitrogens with one attached hydrogen (secondary N) is 1. The first-order chi connectivity index (χ1) is 8.90. The molecule has 3 N–H and O–H groups in total. The van der Waals surface area contributed by atoms with Gasteiger partial charge >= 0.3 is 5.97 Å². The zero-order valence-corrected chi connectivity index (χ0v) is 11.7. The summed E-state index contributed by atoms with van der Waals surface area (Å²) in [6.45, 7) is 0.184. The van der Waals surface area contributed by atoms with Crippen molar-refractivity contribution in [2.75, 3.05) is 6.54 Å². The van der Waals surface area contributed by atoms with Crippen LogP contribution in [0, 0.1) is 5.92 Å². The minimum absolute atomic E-state index is 0.0163. The van der Waals surface area contributed by atoms with Crippen LogP contribution in [-0.4, -0.2) is 37.2 Å². The van der Waals surface area contributed by atoms with Crippen LogP contribution in [0.2, 0.25) is 0 Å². The quantitative estimate of drug-likeness (QED) is 0.749. The van der Waals surface area contributed by atoms with Crippen molar-refractivity contribution in [3.63, 3.8) is 0 Å². The van der Waals surface area contributed by atoms with Gasteiger partial charge in [-0.05, 0) is 24.8 Å². The summed E-state index contributed by atoms with van der Waals surface area (Å²) in [5.41, 5.74) is -0.0359. The molecule has 1 aromatic heterocycles. The van der Waals surface area contributed by atoms with Gasteiger partial charge in [-0.3, -0.25) is 0 Å². The SMILES string of the molecule is O=C(O)c1csc(S(=O)(=O)NCC2CCCC2O)c1. The molecule has 0 spiro atoms. The second kappa shape index (κ2) is 5.58. The number of aromatic carboxylic acids is 1. The van der Waals surface area contributed by atoms with Crippen molar-refractivity contribution in [1.29, 1.82) is 0 Å². The normalized spacial score (nSPS) is 23.6. The van der Waals surface area contributed by atoms with Crippen LogP contribution >= 0.6 is 11.3 Å². The van der Waals surface area contributed by atoms with Crippen molar-refractivity contribution in [2.45, 2.75) is 29.6 Å². The third-order valence-electron chi connectivity index (χ3n) is 3.24. The third kappa shape index (κ3) is 3.33. The van der Waals surface area contributed by atoms with E-state index in [0.717, 1.165) is 30.2 Å². The lowest BCUT2D eigenvalue weighted by Gasteiger charge is -2.14. The molecule has 2 rings (SSSR count). The van der Waals surface area contributed by atoms with Gasteiger partial charge in [0.15, 0.2) is 0 Å². The van der Waals surface area contributed by atoms with E-state index in [1.54, 1.807) is 0 Å². The number of carboxylic acids is 1. The number of sulfonamides is 1. The molecular formula is C11H15NO5S2. The molecule has 2 unspecified atom stereocenters. The zero-order chi connectivity index (χ0) is 14.0. The van der Waals surface area contributed by atoms with Crippen molar-refractivity contribution in [1.82, 2.24) is 4.72 Å². The molecule has 1 fully saturated rings. The Morgan fingerprint density at radius 3 is 2.74 bits per heavy atom. The van der Waals surface area contributed by atoms with Crippen LogP contribution in [0.15, 0.2) is 15.7 Å². The van der Waals surface area contributed by atoms with Gasteiger partial charge in [0.05, 0.1) is 11.7 Å². The Bertz CT molecular complexity index is 565. The van der Waals surface area contributed by atoms with E-state index in [-0.39, 0.29) is 22.2 Å². The van der Waals surface area contributed by atoms with Gasteiger partial charge in [-0.15, -0.1) is 11.3 Å². The monoisotopic (exact) mass is 305 g/mol. The molecule has 0 aliphatic heterocycles. The Balaban J connectivity index is 2.03. The summed E-state index contributed by atoms with van der Waals surface area (Å²) in [6.07, 6.45) is 1.94. The second-order valence-electron chi connectivity index (χ2n) is 4.57. The molecule has 2 atom stereocenters. The molecule has 1 aliphatic rings. The average Bonchev–Trinajstić information content (AvgIpc) is 2.95. The molecule has 0 saturated heterocycles. The number of carboxylic acid groups (broad SMARTS) is 1. The van der Waals surface area contributed by atoms with E-state index in [9.17, 15) is 18.3 Å². The molecule has 1 heterocycles. The van der Waals surface area contributed by atoms with Crippen LogP contribution in [0.5, 0.6) is 0 Å². The van der Waals surface area contributed by atoms with Crippen LogP contribution in [0.3, 0.4) is 0 Å². The highest BCUT2D eigenvalue weighted by Gasteiger charge is 2.27. The van der Waals surface area contributed by atoms with E-state index < -0.39 is 22.1 Å². The molecule has 0 radical (unpaired) electrons. The second-order valence-corrected chi connectivity index (χ2v) is 7.47. The number of aliphatic hydroxyl groups is 1. The largest absolute Gasteiger partial charge is 0.478 e. The fourth-order valence-electron chi connectivity index (χ4n) is 2.11. The Labute approximate surface area is 115 Å². The minimum atomic E-state index is -3.69. The van der Waals surface area contributed by atoms with Gasteiger partial charge in [-0.1, -0.05) is 6.42 Å². The standard InChI is InChI=1S/C11H15NO5S2/c13-9-3-1-2-7(9)5-12-19(16,17)10-4-8(6-18-10)11(14)15/h4,6-7,9,12-13H,1-3,5H2,(H,14,15). The molecule has 6 nitrogen and oxygen atoms in total. The van der Waals surface area contributed by atoms with E-state index >= 15 is 0 Å². The van der Waals surface area contributed by atoms with Crippen LogP contribution < -0.4 is 4.72 Å². The molecule has 0 amide bonds. The van der Waals surface area contributed by atoms with Crippen molar-refractivity contribution in [2.24, 2.45) is 5.92 Å². The number of carbonyl (C=O) groups is 1. The van der Waals surface area contributed by atoms with Crippen LogP contribution in [-0.2, 0) is 10.0 Å². The lowest BCUT2D eigenvalue weighted by Crippen LogP contribution is -2.32. The number of rotatable bonds is 5. The topological polar surface area (TPSA) is 104 Å². The van der Waals surface area contributed by atoms with Gasteiger partial charge in [0.25, 0.3) is 0 Å². The summed E-state index contributed by atoms with van der Waals surface area (Å²) in [5.74, 6) is -1.21. The number of aliphatic hydroxyl groups excluding tert-OH is 1. The van der Waals surface area contributed by atoms with Crippen molar-refractivity contribution in [3.8, 4) is 0 Å². The Hall–Kier alpha value is -0.960.